The summed E-state index contributed by atoms with van der Waals surface area (Å²) in [5, 5.41) is 13.8. The SMILES string of the molecule is CC1(C)CCC(N2CC[C@](C#N)([C@H](NC(=O)CCC(=O)N3CCOCC3)C3CCCCC3)C2)CC1. The van der Waals surface area contributed by atoms with Crippen LogP contribution >= 0.6 is 0 Å². The second-order valence-corrected chi connectivity index (χ2v) is 12.3. The Morgan fingerprint density at radius 2 is 1.69 bits per heavy atom. The maximum atomic E-state index is 13.1. The van der Waals surface area contributed by atoms with E-state index in [1.54, 1.807) is 4.90 Å². The van der Waals surface area contributed by atoms with E-state index in [0.717, 1.165) is 32.4 Å². The van der Waals surface area contributed by atoms with Gasteiger partial charge in [0.15, 0.2) is 0 Å². The van der Waals surface area contributed by atoms with E-state index in [9.17, 15) is 14.9 Å². The summed E-state index contributed by atoms with van der Waals surface area (Å²) in [6.07, 6.45) is 11.9. The summed E-state index contributed by atoms with van der Waals surface area (Å²) < 4.78 is 5.33. The second-order valence-electron chi connectivity index (χ2n) is 12.3. The van der Waals surface area contributed by atoms with E-state index in [1.165, 1.54) is 44.9 Å². The fraction of sp³-hybridized carbons (Fsp3) is 0.893. The number of carbonyl (C=O) groups is 2. The molecule has 0 bridgehead atoms. The van der Waals surface area contributed by atoms with Crippen LogP contribution in [0.3, 0.4) is 0 Å². The number of nitriles is 1. The molecular weight excluding hydrogens is 440 g/mol. The third kappa shape index (κ3) is 6.57. The number of nitrogens with one attached hydrogen (secondary N) is 1. The predicted molar refractivity (Wildman–Crippen MR) is 135 cm³/mol. The molecule has 196 valence electrons. The number of morpholine rings is 1. The van der Waals surface area contributed by atoms with Gasteiger partial charge in [0.1, 0.15) is 0 Å². The first-order chi connectivity index (χ1) is 16.8. The molecule has 7 heteroatoms. The van der Waals surface area contributed by atoms with Gasteiger partial charge in [-0.05, 0) is 56.3 Å². The van der Waals surface area contributed by atoms with E-state index >= 15 is 0 Å². The average Bonchev–Trinajstić information content (AvgIpc) is 3.32. The monoisotopic (exact) mass is 486 g/mol. The number of rotatable bonds is 7. The van der Waals surface area contributed by atoms with Crippen molar-refractivity contribution in [1.82, 2.24) is 15.1 Å². The van der Waals surface area contributed by atoms with Crippen molar-refractivity contribution in [2.45, 2.75) is 103 Å². The standard InChI is InChI=1S/C28H46N4O3/c1-27(2)12-10-23(11-13-27)32-15-14-28(20-29,21-32)26(22-6-4-3-5-7-22)30-24(33)8-9-25(34)31-16-18-35-19-17-31/h22-23,26H,3-19,21H2,1-2H3,(H,30,33)/t26-,28-/m1/s1. The van der Waals surface area contributed by atoms with Crippen molar-refractivity contribution >= 4 is 11.8 Å². The molecule has 7 nitrogen and oxygen atoms in total. The average molecular weight is 487 g/mol. The summed E-state index contributed by atoms with van der Waals surface area (Å²) in [5.41, 5.74) is -0.0986. The van der Waals surface area contributed by atoms with Crippen molar-refractivity contribution in [3.63, 3.8) is 0 Å². The Bertz CT molecular complexity index is 772. The van der Waals surface area contributed by atoms with E-state index in [-0.39, 0.29) is 30.7 Å². The maximum absolute atomic E-state index is 13.1. The van der Waals surface area contributed by atoms with Crippen LogP contribution in [-0.2, 0) is 14.3 Å². The second kappa shape index (κ2) is 11.6. The maximum Gasteiger partial charge on any atom is 0.223 e. The van der Waals surface area contributed by atoms with E-state index in [1.807, 2.05) is 0 Å². The van der Waals surface area contributed by atoms with Crippen LogP contribution in [0.15, 0.2) is 0 Å². The van der Waals surface area contributed by atoms with Crippen molar-refractivity contribution in [2.75, 3.05) is 39.4 Å². The van der Waals surface area contributed by atoms with Crippen molar-refractivity contribution in [3.8, 4) is 6.07 Å². The van der Waals surface area contributed by atoms with Crippen LogP contribution < -0.4 is 5.32 Å². The van der Waals surface area contributed by atoms with Gasteiger partial charge in [0.2, 0.25) is 11.8 Å². The summed E-state index contributed by atoms with van der Waals surface area (Å²) >= 11 is 0. The molecule has 4 aliphatic rings. The molecule has 2 aliphatic heterocycles. The summed E-state index contributed by atoms with van der Waals surface area (Å²) in [7, 11) is 0. The van der Waals surface area contributed by atoms with Crippen molar-refractivity contribution in [3.05, 3.63) is 0 Å². The quantitative estimate of drug-likeness (QED) is 0.590. The Morgan fingerprint density at radius 1 is 1.00 bits per heavy atom. The summed E-state index contributed by atoms with van der Waals surface area (Å²) in [6, 6.07) is 3.18. The number of carbonyl (C=O) groups excluding carboxylic acids is 2. The highest BCUT2D eigenvalue weighted by Gasteiger charge is 2.50. The summed E-state index contributed by atoms with van der Waals surface area (Å²) in [5.74, 6) is 0.308. The minimum atomic E-state index is -0.529. The lowest BCUT2D eigenvalue weighted by atomic mass is 9.70. The van der Waals surface area contributed by atoms with Gasteiger partial charge >= 0.3 is 0 Å². The first-order valence-electron chi connectivity index (χ1n) is 14.1. The fourth-order valence-electron chi connectivity index (χ4n) is 6.95. The Morgan fingerprint density at radius 3 is 2.34 bits per heavy atom. The lowest BCUT2D eigenvalue weighted by Gasteiger charge is -2.42. The highest BCUT2D eigenvalue weighted by molar-refractivity contribution is 5.84. The van der Waals surface area contributed by atoms with Crippen molar-refractivity contribution in [2.24, 2.45) is 16.7 Å². The lowest BCUT2D eigenvalue weighted by Crippen LogP contribution is -2.54. The van der Waals surface area contributed by atoms with Gasteiger partial charge in [-0.3, -0.25) is 14.5 Å². The molecule has 35 heavy (non-hydrogen) atoms. The number of ether oxygens (including phenoxy) is 1. The molecule has 2 amide bonds. The Balaban J connectivity index is 1.40. The van der Waals surface area contributed by atoms with Gasteiger partial charge in [0.05, 0.1) is 30.7 Å². The van der Waals surface area contributed by atoms with Gasteiger partial charge in [0, 0.05) is 45.1 Å². The molecule has 4 rings (SSSR count). The highest BCUT2D eigenvalue weighted by atomic mass is 16.5. The van der Waals surface area contributed by atoms with Crippen LogP contribution in [0, 0.1) is 28.1 Å². The molecule has 1 N–H and O–H groups in total. The van der Waals surface area contributed by atoms with Gasteiger partial charge in [0.25, 0.3) is 0 Å². The van der Waals surface area contributed by atoms with Gasteiger partial charge in [-0.2, -0.15) is 5.26 Å². The van der Waals surface area contributed by atoms with Crippen LogP contribution in [-0.4, -0.2) is 73.1 Å². The number of amides is 2. The van der Waals surface area contributed by atoms with Crippen molar-refractivity contribution in [1.29, 1.82) is 5.26 Å². The van der Waals surface area contributed by atoms with Crippen LogP contribution in [0.25, 0.3) is 0 Å². The molecule has 0 radical (unpaired) electrons. The molecule has 4 fully saturated rings. The molecular formula is C28H46N4O3. The van der Waals surface area contributed by atoms with E-state index in [0.29, 0.717) is 43.7 Å². The number of hydrogen-bond acceptors (Lipinski definition) is 5. The minimum Gasteiger partial charge on any atom is -0.378 e. The van der Waals surface area contributed by atoms with E-state index < -0.39 is 5.41 Å². The Hall–Kier alpha value is -1.65. The molecule has 2 heterocycles. The minimum absolute atomic E-state index is 0.0277. The summed E-state index contributed by atoms with van der Waals surface area (Å²) in [4.78, 5) is 30.0. The Kier molecular flexibility index (Phi) is 8.76. The zero-order valence-electron chi connectivity index (χ0n) is 22.0. The largest absolute Gasteiger partial charge is 0.378 e. The van der Waals surface area contributed by atoms with Gasteiger partial charge in [-0.1, -0.05) is 33.1 Å². The van der Waals surface area contributed by atoms with Gasteiger partial charge in [-0.25, -0.2) is 0 Å². The summed E-state index contributed by atoms with van der Waals surface area (Å²) in [6.45, 7) is 8.81. The van der Waals surface area contributed by atoms with Crippen LogP contribution in [0.4, 0.5) is 0 Å². The molecule has 2 aliphatic carbocycles. The van der Waals surface area contributed by atoms with Crippen LogP contribution in [0.2, 0.25) is 0 Å². The van der Waals surface area contributed by atoms with E-state index in [4.69, 9.17) is 4.74 Å². The molecule has 0 spiro atoms. The smallest absolute Gasteiger partial charge is 0.223 e. The molecule has 0 aromatic rings. The van der Waals surface area contributed by atoms with Gasteiger partial charge < -0.3 is 15.0 Å². The molecule has 0 aromatic heterocycles. The number of hydrogen-bond donors (Lipinski definition) is 1. The first kappa shape index (κ1) is 26.4. The highest BCUT2D eigenvalue weighted by Crippen LogP contribution is 2.44. The van der Waals surface area contributed by atoms with Crippen LogP contribution in [0.5, 0.6) is 0 Å². The normalized spacial score (nSPS) is 29.5. The topological polar surface area (TPSA) is 85.7 Å². The first-order valence-corrected chi connectivity index (χ1v) is 14.1. The Labute approximate surface area is 211 Å². The zero-order valence-corrected chi connectivity index (χ0v) is 22.0. The molecule has 2 saturated heterocycles. The molecule has 2 saturated carbocycles. The molecule has 0 aromatic carbocycles. The molecule has 0 unspecified atom stereocenters. The number of nitrogens with zero attached hydrogens (tertiary/aromatic N) is 3. The van der Waals surface area contributed by atoms with Gasteiger partial charge in [-0.15, -0.1) is 0 Å². The predicted octanol–water partition coefficient (Wildman–Crippen LogP) is 3.87. The zero-order chi connectivity index (χ0) is 24.9. The van der Waals surface area contributed by atoms with Crippen LogP contribution in [0.1, 0.15) is 90.9 Å². The van der Waals surface area contributed by atoms with E-state index in [2.05, 4.69) is 30.1 Å². The third-order valence-corrected chi connectivity index (χ3v) is 9.34. The number of likely N-dealkylation sites (tertiary alicyclic amines) is 1. The van der Waals surface area contributed by atoms with Crippen molar-refractivity contribution < 1.29 is 14.3 Å². The lowest BCUT2D eigenvalue weighted by molar-refractivity contribution is -0.137. The molecule has 2 atom stereocenters. The fourth-order valence-corrected chi connectivity index (χ4v) is 6.95. The third-order valence-electron chi connectivity index (χ3n) is 9.34.